The Morgan fingerprint density at radius 1 is 1.37 bits per heavy atom. The molecule has 110 valence electrons. The number of carbonyl (C=O) groups is 2. The minimum atomic E-state index is -4.80. The predicted molar refractivity (Wildman–Crippen MR) is 62.5 cm³/mol. The summed E-state index contributed by atoms with van der Waals surface area (Å²) in [4.78, 5) is 23.8. The maximum Gasteiger partial charge on any atom is 0.420 e. The van der Waals surface area contributed by atoms with Crippen molar-refractivity contribution in [3.05, 3.63) is 0 Å². The zero-order valence-corrected chi connectivity index (χ0v) is 11.1. The summed E-state index contributed by atoms with van der Waals surface area (Å²) in [6.45, 7) is 5.02. The van der Waals surface area contributed by atoms with E-state index in [0.29, 0.717) is 24.8 Å². The van der Waals surface area contributed by atoms with Crippen molar-refractivity contribution < 1.29 is 22.8 Å². The van der Waals surface area contributed by atoms with Crippen molar-refractivity contribution in [1.82, 2.24) is 15.5 Å². The Kier molecular flexibility index (Phi) is 4.44. The average Bonchev–Trinajstić information content (AvgIpc) is 2.46. The fourth-order valence-corrected chi connectivity index (χ4v) is 1.72. The molecule has 0 spiro atoms. The van der Waals surface area contributed by atoms with Gasteiger partial charge in [-0.15, -0.1) is 0 Å². The maximum absolute atomic E-state index is 12.8. The molecule has 0 saturated carbocycles. The number of amides is 3. The second kappa shape index (κ2) is 5.36. The molecular formula is C11H18F3N3O2. The van der Waals surface area contributed by atoms with Gasteiger partial charge in [0, 0.05) is 12.6 Å². The van der Waals surface area contributed by atoms with E-state index >= 15 is 0 Å². The van der Waals surface area contributed by atoms with Crippen LogP contribution in [0.2, 0.25) is 0 Å². The van der Waals surface area contributed by atoms with Gasteiger partial charge in [-0.3, -0.25) is 9.69 Å². The molecule has 1 heterocycles. The fourth-order valence-electron chi connectivity index (χ4n) is 1.72. The first kappa shape index (κ1) is 15.7. The van der Waals surface area contributed by atoms with E-state index in [0.717, 1.165) is 0 Å². The van der Waals surface area contributed by atoms with Gasteiger partial charge in [0.25, 0.3) is 5.91 Å². The monoisotopic (exact) mass is 281 g/mol. The summed E-state index contributed by atoms with van der Waals surface area (Å²) in [5.41, 5.74) is -2.81. The summed E-state index contributed by atoms with van der Waals surface area (Å²) in [6, 6.07) is -0.752. The van der Waals surface area contributed by atoms with E-state index in [9.17, 15) is 22.8 Å². The third-order valence-corrected chi connectivity index (χ3v) is 2.95. The molecule has 1 aliphatic rings. The van der Waals surface area contributed by atoms with E-state index in [4.69, 9.17) is 0 Å². The number of nitrogens with zero attached hydrogens (tertiary/aromatic N) is 1. The van der Waals surface area contributed by atoms with E-state index in [1.165, 1.54) is 0 Å². The third-order valence-electron chi connectivity index (χ3n) is 2.95. The van der Waals surface area contributed by atoms with Crippen LogP contribution in [0.3, 0.4) is 0 Å². The Morgan fingerprint density at radius 2 is 1.95 bits per heavy atom. The number of urea groups is 1. The van der Waals surface area contributed by atoms with Crippen LogP contribution in [-0.4, -0.2) is 47.7 Å². The molecule has 0 aromatic rings. The molecule has 5 nitrogen and oxygen atoms in total. The lowest BCUT2D eigenvalue weighted by molar-refractivity contribution is -0.191. The van der Waals surface area contributed by atoms with Gasteiger partial charge in [-0.2, -0.15) is 13.2 Å². The second-order valence-electron chi connectivity index (χ2n) is 4.97. The maximum atomic E-state index is 12.8. The van der Waals surface area contributed by atoms with Gasteiger partial charge in [-0.1, -0.05) is 13.8 Å². The highest BCUT2D eigenvalue weighted by Gasteiger charge is 2.64. The summed E-state index contributed by atoms with van der Waals surface area (Å²) in [5.74, 6) is -1.24. The Bertz CT molecular complexity index is 371. The lowest BCUT2D eigenvalue weighted by Crippen LogP contribution is -2.56. The molecule has 3 amide bonds. The van der Waals surface area contributed by atoms with Crippen LogP contribution in [-0.2, 0) is 4.79 Å². The highest BCUT2D eigenvalue weighted by atomic mass is 19.4. The van der Waals surface area contributed by atoms with Gasteiger partial charge < -0.3 is 10.6 Å². The molecule has 1 atom stereocenters. The van der Waals surface area contributed by atoms with Gasteiger partial charge >= 0.3 is 12.2 Å². The molecule has 0 bridgehead atoms. The van der Waals surface area contributed by atoms with E-state index in [2.05, 4.69) is 5.32 Å². The van der Waals surface area contributed by atoms with Crippen molar-refractivity contribution in [1.29, 1.82) is 0 Å². The topological polar surface area (TPSA) is 61.4 Å². The molecule has 19 heavy (non-hydrogen) atoms. The molecule has 1 aliphatic heterocycles. The number of imide groups is 1. The van der Waals surface area contributed by atoms with Crippen LogP contribution in [0.15, 0.2) is 0 Å². The lowest BCUT2D eigenvalue weighted by Gasteiger charge is -2.24. The molecule has 1 unspecified atom stereocenters. The van der Waals surface area contributed by atoms with Crippen LogP contribution < -0.4 is 10.6 Å². The highest BCUT2D eigenvalue weighted by Crippen LogP contribution is 2.35. The van der Waals surface area contributed by atoms with Crippen LogP contribution in [0.4, 0.5) is 18.0 Å². The molecule has 0 radical (unpaired) electrons. The molecule has 8 heteroatoms. The SMILES string of the molecule is CC(C)NCCCN1C(=O)NC(C)(C(F)(F)F)C1=O. The first-order valence-electron chi connectivity index (χ1n) is 6.04. The van der Waals surface area contributed by atoms with Crippen LogP contribution in [0.5, 0.6) is 0 Å². The van der Waals surface area contributed by atoms with E-state index in [1.54, 1.807) is 5.32 Å². The van der Waals surface area contributed by atoms with E-state index in [-0.39, 0.29) is 12.6 Å². The van der Waals surface area contributed by atoms with Crippen molar-refractivity contribution in [2.75, 3.05) is 13.1 Å². The third kappa shape index (κ3) is 3.17. The lowest BCUT2D eigenvalue weighted by atomic mass is 10.0. The number of halogens is 3. The van der Waals surface area contributed by atoms with E-state index < -0.39 is 23.7 Å². The molecule has 1 saturated heterocycles. The minimum absolute atomic E-state index is 0.0317. The van der Waals surface area contributed by atoms with Crippen molar-refractivity contribution >= 4 is 11.9 Å². The van der Waals surface area contributed by atoms with Crippen LogP contribution in [0, 0.1) is 0 Å². The Labute approximate surface area is 109 Å². The fraction of sp³-hybridized carbons (Fsp3) is 0.818. The Balaban J connectivity index is 2.62. The largest absolute Gasteiger partial charge is 0.420 e. The zero-order chi connectivity index (χ0) is 14.8. The van der Waals surface area contributed by atoms with Crippen LogP contribution in [0.25, 0.3) is 0 Å². The first-order chi connectivity index (χ1) is 8.59. The number of carbonyl (C=O) groups excluding carboxylic acids is 2. The smallest absolute Gasteiger partial charge is 0.316 e. The molecule has 2 N–H and O–H groups in total. The van der Waals surface area contributed by atoms with Gasteiger partial charge in [0.1, 0.15) is 0 Å². The normalized spacial score (nSPS) is 24.3. The van der Waals surface area contributed by atoms with Crippen molar-refractivity contribution in [3.63, 3.8) is 0 Å². The molecule has 1 rings (SSSR count). The molecule has 1 fully saturated rings. The van der Waals surface area contributed by atoms with Crippen LogP contribution >= 0.6 is 0 Å². The summed E-state index contributed by atoms with van der Waals surface area (Å²) in [6.07, 6.45) is -4.39. The van der Waals surface area contributed by atoms with Gasteiger partial charge in [0.05, 0.1) is 0 Å². The van der Waals surface area contributed by atoms with Gasteiger partial charge in [-0.05, 0) is 19.9 Å². The van der Waals surface area contributed by atoms with Gasteiger partial charge in [0.15, 0.2) is 0 Å². The number of alkyl halides is 3. The summed E-state index contributed by atoms with van der Waals surface area (Å²) < 4.78 is 38.3. The first-order valence-corrected chi connectivity index (χ1v) is 6.04. The number of hydrogen-bond acceptors (Lipinski definition) is 3. The summed E-state index contributed by atoms with van der Waals surface area (Å²) in [5, 5.41) is 4.77. The molecule has 0 aromatic carbocycles. The quantitative estimate of drug-likeness (QED) is 0.589. The Hall–Kier alpha value is -1.31. The molecule has 0 aliphatic carbocycles. The van der Waals surface area contributed by atoms with Crippen molar-refractivity contribution in [3.8, 4) is 0 Å². The second-order valence-corrected chi connectivity index (χ2v) is 4.97. The van der Waals surface area contributed by atoms with Gasteiger partial charge in [-0.25, -0.2) is 4.79 Å². The van der Waals surface area contributed by atoms with Gasteiger partial charge in [0.2, 0.25) is 5.54 Å². The average molecular weight is 281 g/mol. The van der Waals surface area contributed by atoms with E-state index in [1.807, 2.05) is 13.8 Å². The summed E-state index contributed by atoms with van der Waals surface area (Å²) >= 11 is 0. The number of nitrogens with one attached hydrogen (secondary N) is 2. The number of hydrogen-bond donors (Lipinski definition) is 2. The Morgan fingerprint density at radius 3 is 2.37 bits per heavy atom. The molecular weight excluding hydrogens is 263 g/mol. The number of rotatable bonds is 5. The van der Waals surface area contributed by atoms with Crippen LogP contribution in [0.1, 0.15) is 27.2 Å². The predicted octanol–water partition coefficient (Wildman–Crippen LogP) is 1.25. The standard InChI is InChI=1S/C11H18F3N3O2/c1-7(2)15-5-4-6-17-8(18)10(3,11(12,13)14)16-9(17)19/h7,15H,4-6H2,1-3H3,(H,16,19). The zero-order valence-electron chi connectivity index (χ0n) is 11.1. The van der Waals surface area contributed by atoms with Crippen molar-refractivity contribution in [2.45, 2.75) is 44.9 Å². The highest BCUT2D eigenvalue weighted by molar-refractivity contribution is 6.07. The summed E-state index contributed by atoms with van der Waals surface area (Å²) in [7, 11) is 0. The minimum Gasteiger partial charge on any atom is -0.316 e. The van der Waals surface area contributed by atoms with Crippen molar-refractivity contribution in [2.24, 2.45) is 0 Å². The molecule has 0 aromatic heterocycles.